The van der Waals surface area contributed by atoms with Crippen LogP contribution in [0.2, 0.25) is 0 Å². The van der Waals surface area contributed by atoms with Gasteiger partial charge in [-0.3, -0.25) is 0 Å². The highest BCUT2D eigenvalue weighted by molar-refractivity contribution is 5.91. The zero-order valence-electron chi connectivity index (χ0n) is 21.2. The van der Waals surface area contributed by atoms with Gasteiger partial charge in [-0.2, -0.15) is 0 Å². The van der Waals surface area contributed by atoms with E-state index in [4.69, 9.17) is 14.2 Å². The van der Waals surface area contributed by atoms with Crippen LogP contribution in [0.15, 0.2) is 102 Å². The number of allylic oxidation sites excluding steroid dienone is 2. The number of benzene rings is 3. The van der Waals surface area contributed by atoms with Gasteiger partial charge < -0.3 is 14.2 Å². The average Bonchev–Trinajstić information content (AvgIpc) is 3.34. The number of carbonyl (C=O) groups is 1. The monoisotopic (exact) mass is 498 g/mol. The van der Waals surface area contributed by atoms with E-state index in [1.54, 1.807) is 24.3 Å². The van der Waals surface area contributed by atoms with E-state index in [2.05, 4.69) is 6.92 Å². The van der Waals surface area contributed by atoms with E-state index in [0.29, 0.717) is 37.0 Å². The minimum absolute atomic E-state index is 0.265. The molecule has 0 aromatic heterocycles. The quantitative estimate of drug-likeness (QED) is 0.315. The lowest BCUT2D eigenvalue weighted by Crippen LogP contribution is -2.39. The van der Waals surface area contributed by atoms with Crippen LogP contribution in [0.1, 0.15) is 61.0 Å². The molecule has 0 radical (unpaired) electrons. The second kappa shape index (κ2) is 10.8. The Morgan fingerprint density at radius 1 is 0.919 bits per heavy atom. The average molecular weight is 499 g/mol. The van der Waals surface area contributed by atoms with Crippen molar-refractivity contribution >= 4 is 11.5 Å². The van der Waals surface area contributed by atoms with Crippen LogP contribution in [0.5, 0.6) is 0 Å². The molecule has 0 N–H and O–H groups in total. The Hall–Kier alpha value is -3.54. The molecular weight excluding hydrogens is 467 g/mol. The van der Waals surface area contributed by atoms with Crippen molar-refractivity contribution in [1.29, 1.82) is 0 Å². The van der Waals surface area contributed by atoms with Crippen LogP contribution < -0.4 is 0 Å². The summed E-state index contributed by atoms with van der Waals surface area (Å²) in [5, 5.41) is 0. The van der Waals surface area contributed by atoms with Crippen molar-refractivity contribution in [3.05, 3.63) is 125 Å². The predicted octanol–water partition coefficient (Wildman–Crippen LogP) is 7.57. The van der Waals surface area contributed by atoms with Gasteiger partial charge >= 0.3 is 5.97 Å². The third-order valence-corrected chi connectivity index (χ3v) is 7.12. The summed E-state index contributed by atoms with van der Waals surface area (Å²) in [7, 11) is 0. The Labute approximate surface area is 217 Å². The van der Waals surface area contributed by atoms with Crippen molar-refractivity contribution in [3.63, 3.8) is 0 Å². The molecule has 4 nitrogen and oxygen atoms in total. The second-order valence-electron chi connectivity index (χ2n) is 9.37. The summed E-state index contributed by atoms with van der Waals surface area (Å²) in [6.45, 7) is 4.09. The van der Waals surface area contributed by atoms with E-state index in [0.717, 1.165) is 22.3 Å². The van der Waals surface area contributed by atoms with Gasteiger partial charge in [0.15, 0.2) is 6.29 Å². The molecule has 0 bridgehead atoms. The van der Waals surface area contributed by atoms with Crippen molar-refractivity contribution in [1.82, 2.24) is 0 Å². The Kier molecular flexibility index (Phi) is 7.36. The molecule has 1 saturated heterocycles. The van der Waals surface area contributed by atoms with Crippen molar-refractivity contribution < 1.29 is 23.4 Å². The third kappa shape index (κ3) is 4.89. The van der Waals surface area contributed by atoms with Crippen LogP contribution in [0.25, 0.3) is 5.57 Å². The molecule has 3 aromatic carbocycles. The minimum atomic E-state index is -0.907. The molecule has 3 aromatic rings. The second-order valence-corrected chi connectivity index (χ2v) is 9.37. The zero-order chi connectivity index (χ0) is 25.8. The highest BCUT2D eigenvalue weighted by Crippen LogP contribution is 2.50. The smallest absolute Gasteiger partial charge is 0.343 e. The van der Waals surface area contributed by atoms with E-state index < -0.39 is 11.6 Å². The van der Waals surface area contributed by atoms with Crippen LogP contribution in [0.3, 0.4) is 0 Å². The molecule has 37 heavy (non-hydrogen) atoms. The lowest BCUT2D eigenvalue weighted by Gasteiger charge is -2.37. The molecule has 1 heterocycles. The molecule has 0 unspecified atom stereocenters. The fourth-order valence-corrected chi connectivity index (χ4v) is 5.32. The Balaban J connectivity index is 1.64. The number of esters is 1. The van der Waals surface area contributed by atoms with Crippen LogP contribution in [0.4, 0.5) is 4.39 Å². The first-order valence-corrected chi connectivity index (χ1v) is 12.9. The molecule has 2 aliphatic rings. The van der Waals surface area contributed by atoms with E-state index in [1.807, 2.05) is 61.5 Å². The molecule has 0 amide bonds. The molecule has 5 rings (SSSR count). The summed E-state index contributed by atoms with van der Waals surface area (Å²) in [6.07, 6.45) is 4.04. The minimum Gasteiger partial charge on any atom is -0.423 e. The summed E-state index contributed by atoms with van der Waals surface area (Å²) in [6, 6.07) is 25.4. The van der Waals surface area contributed by atoms with Crippen LogP contribution in [0, 0.1) is 5.82 Å². The summed E-state index contributed by atoms with van der Waals surface area (Å²) < 4.78 is 33.0. The van der Waals surface area contributed by atoms with E-state index in [-0.39, 0.29) is 18.2 Å². The molecule has 0 saturated carbocycles. The number of rotatable bonds is 7. The zero-order valence-corrected chi connectivity index (χ0v) is 21.2. The molecular formula is C32H31FO4. The maximum Gasteiger partial charge on any atom is 0.343 e. The standard InChI is InChI=1S/C32H31FO4/c1-3-29-32(37-30(4-2)36-29,24-15-18-26(33)19-16-24)25-17-20-27(22-11-7-5-8-12-22)28(21-25)35-31(34)23-13-9-6-10-14-23/h5-16,18-19,21,29-30H,3-4,17,20H2,1-2H3/t29-,30-,32+/m1/s1. The summed E-state index contributed by atoms with van der Waals surface area (Å²) in [4.78, 5) is 13.1. The highest BCUT2D eigenvalue weighted by Gasteiger charge is 2.52. The van der Waals surface area contributed by atoms with Gasteiger partial charge in [0.05, 0.1) is 11.7 Å². The third-order valence-electron chi connectivity index (χ3n) is 7.12. The summed E-state index contributed by atoms with van der Waals surface area (Å²) in [5.74, 6) is -0.222. The number of hydrogen-bond acceptors (Lipinski definition) is 4. The molecule has 1 aliphatic carbocycles. The highest BCUT2D eigenvalue weighted by atomic mass is 19.1. The first-order chi connectivity index (χ1) is 18.0. The first-order valence-electron chi connectivity index (χ1n) is 12.9. The topological polar surface area (TPSA) is 44.8 Å². The number of carbonyl (C=O) groups excluding carboxylic acids is 1. The Bertz CT molecular complexity index is 1300. The number of halogens is 1. The van der Waals surface area contributed by atoms with Gasteiger partial charge in [-0.15, -0.1) is 0 Å². The van der Waals surface area contributed by atoms with Crippen molar-refractivity contribution in [2.45, 2.75) is 57.5 Å². The summed E-state index contributed by atoms with van der Waals surface area (Å²) in [5.41, 5.74) is 3.33. The predicted molar refractivity (Wildman–Crippen MR) is 141 cm³/mol. The Morgan fingerprint density at radius 2 is 1.59 bits per heavy atom. The van der Waals surface area contributed by atoms with E-state index in [1.165, 1.54) is 12.1 Å². The van der Waals surface area contributed by atoms with Crippen LogP contribution in [-0.4, -0.2) is 18.4 Å². The summed E-state index contributed by atoms with van der Waals surface area (Å²) >= 11 is 0. The fourth-order valence-electron chi connectivity index (χ4n) is 5.32. The van der Waals surface area contributed by atoms with Crippen molar-refractivity contribution in [2.75, 3.05) is 0 Å². The normalized spacial score (nSPS) is 23.6. The van der Waals surface area contributed by atoms with Crippen molar-refractivity contribution in [3.8, 4) is 0 Å². The molecule has 1 fully saturated rings. The lowest BCUT2D eigenvalue weighted by molar-refractivity contribution is -0.0841. The van der Waals surface area contributed by atoms with Gasteiger partial charge in [0, 0.05) is 5.57 Å². The molecule has 190 valence electrons. The first kappa shape index (κ1) is 25.1. The maximum atomic E-state index is 13.9. The number of hydrogen-bond donors (Lipinski definition) is 0. The van der Waals surface area contributed by atoms with Gasteiger partial charge in [0.2, 0.25) is 0 Å². The Morgan fingerprint density at radius 3 is 2.24 bits per heavy atom. The fraction of sp³-hybridized carbons (Fsp3) is 0.281. The van der Waals surface area contributed by atoms with Crippen LogP contribution >= 0.6 is 0 Å². The van der Waals surface area contributed by atoms with Gasteiger partial charge in [0.25, 0.3) is 0 Å². The SMILES string of the molecule is CC[C@@H]1O[C@H](CC)[C@@](C2=CC(OC(=O)c3ccccc3)=C(c3ccccc3)CC2)(c2ccc(F)cc2)O1. The van der Waals surface area contributed by atoms with Gasteiger partial charge in [-0.05, 0) is 72.7 Å². The molecule has 0 spiro atoms. The van der Waals surface area contributed by atoms with Crippen LogP contribution in [-0.2, 0) is 19.8 Å². The van der Waals surface area contributed by atoms with Gasteiger partial charge in [0.1, 0.15) is 17.2 Å². The molecule has 3 atom stereocenters. The van der Waals surface area contributed by atoms with Gasteiger partial charge in [-0.25, -0.2) is 9.18 Å². The lowest BCUT2D eigenvalue weighted by atomic mass is 9.75. The largest absolute Gasteiger partial charge is 0.423 e. The maximum absolute atomic E-state index is 13.9. The van der Waals surface area contributed by atoms with E-state index >= 15 is 0 Å². The van der Waals surface area contributed by atoms with Gasteiger partial charge in [-0.1, -0.05) is 74.5 Å². The van der Waals surface area contributed by atoms with E-state index in [9.17, 15) is 9.18 Å². The van der Waals surface area contributed by atoms with Crippen molar-refractivity contribution in [2.24, 2.45) is 0 Å². The molecule has 5 heteroatoms. The number of ether oxygens (including phenoxy) is 3. The molecule has 1 aliphatic heterocycles.